The fourth-order valence-electron chi connectivity index (χ4n) is 0.852. The Morgan fingerprint density at radius 2 is 2.18 bits per heavy atom. The van der Waals surface area contributed by atoms with Gasteiger partial charge in [-0.05, 0) is 0 Å². The molecule has 0 spiro atoms. The molecule has 1 amide bonds. The second-order valence-electron chi connectivity index (χ2n) is 2.09. The molecule has 6 heteroatoms. The minimum absolute atomic E-state index is 0.261. The molecule has 3 N–H and O–H groups in total. The van der Waals surface area contributed by atoms with Crippen LogP contribution in [0.15, 0.2) is 12.4 Å². The first-order valence-electron chi connectivity index (χ1n) is 2.95. The molecule has 2 rings (SSSR count). The van der Waals surface area contributed by atoms with E-state index in [-0.39, 0.29) is 11.6 Å². The quantitative estimate of drug-likeness (QED) is 0.463. The van der Waals surface area contributed by atoms with Gasteiger partial charge in [0.25, 0.3) is 5.91 Å². The van der Waals surface area contributed by atoms with E-state index in [0.29, 0.717) is 11.6 Å². The fourth-order valence-corrected chi connectivity index (χ4v) is 0.852. The minimum atomic E-state index is -0.294. The first kappa shape index (κ1) is 5.90. The van der Waals surface area contributed by atoms with E-state index < -0.39 is 0 Å². The number of aromatic amines is 1. The molecule has 0 radical (unpaired) electrons. The van der Waals surface area contributed by atoms with Gasteiger partial charge in [0.15, 0.2) is 11.5 Å². The first-order chi connectivity index (χ1) is 5.27. The monoisotopic (exact) mass is 151 g/mol. The van der Waals surface area contributed by atoms with Gasteiger partial charge >= 0.3 is 0 Å². The highest BCUT2D eigenvalue weighted by Crippen LogP contribution is 2.13. The molecule has 56 valence electrons. The Labute approximate surface area is 61.7 Å². The van der Waals surface area contributed by atoms with Crippen LogP contribution in [0.2, 0.25) is 0 Å². The Bertz CT molecular complexity index is 327. The number of anilines is 1. The second-order valence-corrected chi connectivity index (χ2v) is 2.09. The van der Waals surface area contributed by atoms with Crippen molar-refractivity contribution in [3.8, 4) is 0 Å². The van der Waals surface area contributed by atoms with Gasteiger partial charge in [-0.2, -0.15) is 0 Å². The molecule has 0 fully saturated rings. The van der Waals surface area contributed by atoms with Crippen LogP contribution < -0.4 is 10.6 Å². The summed E-state index contributed by atoms with van der Waals surface area (Å²) in [4.78, 5) is 11.0. The Kier molecular flexibility index (Phi) is 0.974. The van der Waals surface area contributed by atoms with Crippen LogP contribution in [-0.2, 0) is 0 Å². The van der Waals surface area contributed by atoms with E-state index in [2.05, 4.69) is 32.6 Å². The molecule has 0 bridgehead atoms. The van der Waals surface area contributed by atoms with Crippen molar-refractivity contribution in [1.29, 1.82) is 0 Å². The Hall–Kier alpha value is -1.85. The van der Waals surface area contributed by atoms with Crippen LogP contribution in [0.1, 0.15) is 10.5 Å². The highest BCUT2D eigenvalue weighted by Gasteiger charge is 2.21. The average molecular weight is 151 g/mol. The van der Waals surface area contributed by atoms with Crippen LogP contribution in [0, 0.1) is 0 Å². The van der Waals surface area contributed by atoms with E-state index in [1.165, 1.54) is 0 Å². The summed E-state index contributed by atoms with van der Waals surface area (Å²) in [5.41, 5.74) is 0.261. The summed E-state index contributed by atoms with van der Waals surface area (Å²) in [6.45, 7) is 3.52. The summed E-state index contributed by atoms with van der Waals surface area (Å²) >= 11 is 0. The Morgan fingerprint density at radius 3 is 3.00 bits per heavy atom. The summed E-state index contributed by atoms with van der Waals surface area (Å²) in [5.74, 6) is 0.616. The third kappa shape index (κ3) is 0.759. The van der Waals surface area contributed by atoms with Crippen molar-refractivity contribution in [1.82, 2.24) is 20.7 Å². The minimum Gasteiger partial charge on any atom is -0.325 e. The standard InChI is InChI=1S/C5H5N5O/c1-2-6-4-3(5(11)7-2)8-10-9-4/h1H2,(H,7,11)(H2,6,8,9,10). The van der Waals surface area contributed by atoms with E-state index >= 15 is 0 Å². The van der Waals surface area contributed by atoms with Crippen LogP contribution in [0.4, 0.5) is 5.82 Å². The summed E-state index contributed by atoms with van der Waals surface area (Å²) in [6.07, 6.45) is 0. The summed E-state index contributed by atoms with van der Waals surface area (Å²) in [5, 5.41) is 14.7. The van der Waals surface area contributed by atoms with Crippen molar-refractivity contribution >= 4 is 11.7 Å². The molecular weight excluding hydrogens is 146 g/mol. The highest BCUT2D eigenvalue weighted by atomic mass is 16.2. The van der Waals surface area contributed by atoms with Crippen molar-refractivity contribution in [2.75, 3.05) is 5.32 Å². The number of carbonyl (C=O) groups excluding carboxylic acids is 1. The van der Waals surface area contributed by atoms with Crippen molar-refractivity contribution in [3.05, 3.63) is 18.1 Å². The fraction of sp³-hybridized carbons (Fsp3) is 0. The van der Waals surface area contributed by atoms with Gasteiger partial charge in [0.05, 0.1) is 0 Å². The number of carbonyl (C=O) groups is 1. The van der Waals surface area contributed by atoms with Gasteiger partial charge in [0.1, 0.15) is 5.82 Å². The molecule has 2 heterocycles. The van der Waals surface area contributed by atoms with Crippen molar-refractivity contribution < 1.29 is 4.79 Å². The van der Waals surface area contributed by atoms with Crippen LogP contribution in [-0.4, -0.2) is 21.3 Å². The zero-order chi connectivity index (χ0) is 7.84. The van der Waals surface area contributed by atoms with Gasteiger partial charge in [-0.1, -0.05) is 11.8 Å². The molecule has 0 saturated heterocycles. The number of fused-ring (bicyclic) bond motifs is 1. The van der Waals surface area contributed by atoms with Crippen LogP contribution in [0.25, 0.3) is 0 Å². The highest BCUT2D eigenvalue weighted by molar-refractivity contribution is 6.00. The molecule has 6 nitrogen and oxygen atoms in total. The number of hydrogen-bond donors (Lipinski definition) is 3. The normalized spacial score (nSPS) is 15.3. The molecule has 0 unspecified atom stereocenters. The molecular formula is C5H5N5O. The average Bonchev–Trinajstić information content (AvgIpc) is 2.34. The number of nitrogens with one attached hydrogen (secondary N) is 3. The van der Waals surface area contributed by atoms with Gasteiger partial charge in [-0.15, -0.1) is 5.10 Å². The van der Waals surface area contributed by atoms with E-state index in [1.54, 1.807) is 0 Å². The summed E-state index contributed by atoms with van der Waals surface area (Å²) in [6, 6.07) is 0. The maximum absolute atomic E-state index is 11.0. The smallest absolute Gasteiger partial charge is 0.281 e. The zero-order valence-corrected chi connectivity index (χ0v) is 5.51. The predicted molar refractivity (Wildman–Crippen MR) is 36.6 cm³/mol. The van der Waals surface area contributed by atoms with Crippen LogP contribution in [0.3, 0.4) is 0 Å². The number of H-pyrrole nitrogens is 1. The number of nitrogens with zero attached hydrogens (tertiary/aromatic N) is 2. The lowest BCUT2D eigenvalue weighted by Crippen LogP contribution is -2.32. The maximum atomic E-state index is 11.0. The number of amides is 1. The second kappa shape index (κ2) is 1.82. The lowest BCUT2D eigenvalue weighted by molar-refractivity contribution is 0.0959. The molecule has 1 aliphatic rings. The Balaban J connectivity index is 2.52. The number of hydrogen-bond acceptors (Lipinski definition) is 4. The molecule has 1 aromatic rings. The summed E-state index contributed by atoms with van der Waals surface area (Å²) < 4.78 is 0. The summed E-state index contributed by atoms with van der Waals surface area (Å²) in [7, 11) is 0. The SMILES string of the molecule is C=C1NC(=O)c2nn[nH]c2N1. The largest absolute Gasteiger partial charge is 0.325 e. The van der Waals surface area contributed by atoms with Crippen molar-refractivity contribution in [2.45, 2.75) is 0 Å². The van der Waals surface area contributed by atoms with Gasteiger partial charge in [-0.25, -0.2) is 5.10 Å². The van der Waals surface area contributed by atoms with E-state index in [1.807, 2.05) is 0 Å². The molecule has 0 aromatic carbocycles. The van der Waals surface area contributed by atoms with Crippen molar-refractivity contribution in [2.24, 2.45) is 0 Å². The zero-order valence-electron chi connectivity index (χ0n) is 5.51. The Morgan fingerprint density at radius 1 is 1.36 bits per heavy atom. The van der Waals surface area contributed by atoms with Gasteiger partial charge in [0.2, 0.25) is 0 Å². The maximum Gasteiger partial charge on any atom is 0.281 e. The van der Waals surface area contributed by atoms with Crippen molar-refractivity contribution in [3.63, 3.8) is 0 Å². The molecule has 1 aromatic heterocycles. The van der Waals surface area contributed by atoms with Gasteiger partial charge in [-0.3, -0.25) is 4.79 Å². The lowest BCUT2D eigenvalue weighted by Gasteiger charge is -2.13. The lowest BCUT2D eigenvalue weighted by atomic mass is 10.3. The van der Waals surface area contributed by atoms with Gasteiger partial charge in [0, 0.05) is 0 Å². The van der Waals surface area contributed by atoms with E-state index in [0.717, 1.165) is 0 Å². The van der Waals surface area contributed by atoms with E-state index in [9.17, 15) is 4.79 Å². The third-order valence-corrected chi connectivity index (χ3v) is 1.30. The molecule has 0 aliphatic carbocycles. The molecule has 0 saturated carbocycles. The van der Waals surface area contributed by atoms with E-state index in [4.69, 9.17) is 0 Å². The first-order valence-corrected chi connectivity index (χ1v) is 2.95. The topological polar surface area (TPSA) is 82.7 Å². The number of rotatable bonds is 0. The molecule has 0 atom stereocenters. The predicted octanol–water partition coefficient (Wildman–Crippen LogP) is -0.569. The molecule has 11 heavy (non-hydrogen) atoms. The van der Waals surface area contributed by atoms with Crippen LogP contribution >= 0.6 is 0 Å². The number of aromatic nitrogens is 3. The third-order valence-electron chi connectivity index (χ3n) is 1.30. The molecule has 1 aliphatic heterocycles. The van der Waals surface area contributed by atoms with Crippen LogP contribution in [0.5, 0.6) is 0 Å². The van der Waals surface area contributed by atoms with Gasteiger partial charge < -0.3 is 10.6 Å².